The summed E-state index contributed by atoms with van der Waals surface area (Å²) in [4.78, 5) is 2.16. The fourth-order valence-electron chi connectivity index (χ4n) is 1.87. The van der Waals surface area contributed by atoms with Crippen LogP contribution in [0.2, 0.25) is 0 Å². The minimum Gasteiger partial charge on any atom is -0.381 e. The Labute approximate surface area is 70.1 Å². The van der Waals surface area contributed by atoms with Gasteiger partial charge in [0.05, 0.1) is 0 Å². The van der Waals surface area contributed by atoms with Crippen LogP contribution in [0.4, 0.5) is 0 Å². The predicted octanol–water partition coefficient (Wildman–Crippen LogP) is 2.50. The van der Waals surface area contributed by atoms with Crippen LogP contribution < -0.4 is 0 Å². The third-order valence-electron chi connectivity index (χ3n) is 2.74. The summed E-state index contributed by atoms with van der Waals surface area (Å²) >= 11 is 0. The first kappa shape index (κ1) is 8.63. The van der Waals surface area contributed by atoms with Crippen molar-refractivity contribution in [3.63, 3.8) is 0 Å². The molecule has 0 heterocycles. The fourth-order valence-corrected chi connectivity index (χ4v) is 1.87. The second kappa shape index (κ2) is 3.29. The van der Waals surface area contributed by atoms with Gasteiger partial charge in [-0.15, -0.1) is 0 Å². The molecule has 1 rings (SSSR count). The number of rotatable bonds is 2. The zero-order valence-electron chi connectivity index (χ0n) is 7.93. The Kier molecular flexibility index (Phi) is 2.58. The molecule has 0 aromatic carbocycles. The van der Waals surface area contributed by atoms with Gasteiger partial charge >= 0.3 is 0 Å². The summed E-state index contributed by atoms with van der Waals surface area (Å²) < 4.78 is 0. The van der Waals surface area contributed by atoms with Gasteiger partial charge in [-0.25, -0.2) is 0 Å². The average molecular weight is 153 g/mol. The second-order valence-electron chi connectivity index (χ2n) is 4.00. The molecule has 1 nitrogen and oxygen atoms in total. The molecule has 1 aliphatic rings. The van der Waals surface area contributed by atoms with Crippen LogP contribution in [-0.4, -0.2) is 19.0 Å². The lowest BCUT2D eigenvalue weighted by atomic mass is 10.0. The molecule has 0 saturated heterocycles. The Bertz CT molecular complexity index is 149. The Balaban J connectivity index is 2.43. The summed E-state index contributed by atoms with van der Waals surface area (Å²) in [5.41, 5.74) is 1.31. The van der Waals surface area contributed by atoms with Crippen molar-refractivity contribution >= 4 is 0 Å². The molecule has 1 heteroatoms. The van der Waals surface area contributed by atoms with Crippen LogP contribution in [-0.2, 0) is 0 Å². The summed E-state index contributed by atoms with van der Waals surface area (Å²) in [6, 6.07) is 0. The van der Waals surface area contributed by atoms with E-state index in [1.54, 1.807) is 0 Å². The molecule has 11 heavy (non-hydrogen) atoms. The van der Waals surface area contributed by atoms with Crippen molar-refractivity contribution in [1.29, 1.82) is 0 Å². The first-order chi connectivity index (χ1) is 5.11. The van der Waals surface area contributed by atoms with E-state index < -0.39 is 0 Å². The molecule has 2 atom stereocenters. The molecular formula is C10H19N. The zero-order chi connectivity index (χ0) is 8.43. The molecule has 1 fully saturated rings. The smallest absolute Gasteiger partial charge is 0.00861 e. The van der Waals surface area contributed by atoms with E-state index in [9.17, 15) is 0 Å². The Hall–Kier alpha value is -0.460. The van der Waals surface area contributed by atoms with Crippen LogP contribution >= 0.6 is 0 Å². The van der Waals surface area contributed by atoms with Crippen molar-refractivity contribution in [2.24, 2.45) is 11.8 Å². The molecule has 0 aromatic rings. The van der Waals surface area contributed by atoms with Gasteiger partial charge in [0.25, 0.3) is 0 Å². The monoisotopic (exact) mass is 153 g/mol. The maximum Gasteiger partial charge on any atom is 0.00861 e. The molecular weight excluding hydrogens is 134 g/mol. The van der Waals surface area contributed by atoms with E-state index in [0.717, 1.165) is 11.8 Å². The molecule has 0 aromatic heterocycles. The highest BCUT2D eigenvalue weighted by Gasteiger charge is 2.23. The average Bonchev–Trinajstić information content (AvgIpc) is 2.34. The molecule has 0 N–H and O–H groups in total. The number of hydrogen-bond donors (Lipinski definition) is 0. The highest BCUT2D eigenvalue weighted by molar-refractivity contribution is 5.00. The number of hydrogen-bond acceptors (Lipinski definition) is 1. The van der Waals surface area contributed by atoms with E-state index >= 15 is 0 Å². The van der Waals surface area contributed by atoms with Gasteiger partial charge in [0.2, 0.25) is 0 Å². The Morgan fingerprint density at radius 1 is 1.36 bits per heavy atom. The molecule has 0 aliphatic heterocycles. The van der Waals surface area contributed by atoms with Gasteiger partial charge in [-0.1, -0.05) is 19.9 Å². The van der Waals surface area contributed by atoms with Crippen molar-refractivity contribution in [3.8, 4) is 0 Å². The van der Waals surface area contributed by atoms with E-state index in [2.05, 4.69) is 32.5 Å². The fraction of sp³-hybridized carbons (Fsp3) is 0.800. The summed E-state index contributed by atoms with van der Waals surface area (Å²) in [6.07, 6.45) is 4.08. The third kappa shape index (κ3) is 1.98. The van der Waals surface area contributed by atoms with Gasteiger partial charge in [0.1, 0.15) is 0 Å². The lowest BCUT2D eigenvalue weighted by Gasteiger charge is -2.21. The number of nitrogens with zero attached hydrogens (tertiary/aromatic N) is 1. The van der Waals surface area contributed by atoms with Gasteiger partial charge in [-0.3, -0.25) is 0 Å². The lowest BCUT2D eigenvalue weighted by molar-refractivity contribution is 0.415. The minimum atomic E-state index is 0.764. The largest absolute Gasteiger partial charge is 0.381 e. The van der Waals surface area contributed by atoms with E-state index in [4.69, 9.17) is 0 Å². The first-order valence-electron chi connectivity index (χ1n) is 4.47. The summed E-state index contributed by atoms with van der Waals surface area (Å²) in [5, 5.41) is 0. The Morgan fingerprint density at radius 3 is 2.36 bits per heavy atom. The van der Waals surface area contributed by atoms with Gasteiger partial charge < -0.3 is 4.90 Å². The van der Waals surface area contributed by atoms with E-state index in [-0.39, 0.29) is 0 Å². The quantitative estimate of drug-likeness (QED) is 0.589. The van der Waals surface area contributed by atoms with Gasteiger partial charge in [0.15, 0.2) is 0 Å². The molecule has 0 bridgehead atoms. The van der Waals surface area contributed by atoms with Gasteiger partial charge in [0, 0.05) is 19.8 Å². The van der Waals surface area contributed by atoms with Gasteiger partial charge in [-0.05, 0) is 24.7 Å². The SMILES string of the molecule is C=C(C1CCC(C)C1)N(C)C. The molecule has 64 valence electrons. The summed E-state index contributed by atoms with van der Waals surface area (Å²) in [5.74, 6) is 1.68. The van der Waals surface area contributed by atoms with E-state index in [1.165, 1.54) is 25.0 Å². The molecule has 1 aliphatic carbocycles. The zero-order valence-corrected chi connectivity index (χ0v) is 7.93. The van der Waals surface area contributed by atoms with E-state index in [1.807, 2.05) is 0 Å². The topological polar surface area (TPSA) is 3.24 Å². The van der Waals surface area contributed by atoms with Crippen LogP contribution in [0.15, 0.2) is 12.3 Å². The molecule has 0 amide bonds. The van der Waals surface area contributed by atoms with Crippen LogP contribution in [0, 0.1) is 11.8 Å². The third-order valence-corrected chi connectivity index (χ3v) is 2.74. The van der Waals surface area contributed by atoms with Crippen molar-refractivity contribution in [3.05, 3.63) is 12.3 Å². The second-order valence-corrected chi connectivity index (χ2v) is 4.00. The lowest BCUT2D eigenvalue weighted by Crippen LogP contribution is -2.16. The standard InChI is InChI=1S/C10H19N/c1-8-5-6-10(7-8)9(2)11(3)4/h8,10H,2,5-7H2,1,3-4H3. The van der Waals surface area contributed by atoms with Crippen LogP contribution in [0.3, 0.4) is 0 Å². The highest BCUT2D eigenvalue weighted by Crippen LogP contribution is 2.34. The molecule has 2 unspecified atom stereocenters. The van der Waals surface area contributed by atoms with Crippen LogP contribution in [0.1, 0.15) is 26.2 Å². The number of allylic oxidation sites excluding steroid dienone is 1. The Morgan fingerprint density at radius 2 is 2.00 bits per heavy atom. The summed E-state index contributed by atoms with van der Waals surface area (Å²) in [6.45, 7) is 6.43. The maximum atomic E-state index is 4.10. The predicted molar refractivity (Wildman–Crippen MR) is 49.3 cm³/mol. The maximum absolute atomic E-state index is 4.10. The normalized spacial score (nSPS) is 30.5. The first-order valence-corrected chi connectivity index (χ1v) is 4.47. The molecule has 0 spiro atoms. The molecule has 1 saturated carbocycles. The van der Waals surface area contributed by atoms with Crippen molar-refractivity contribution in [2.75, 3.05) is 14.1 Å². The van der Waals surface area contributed by atoms with Crippen molar-refractivity contribution < 1.29 is 0 Å². The molecule has 0 radical (unpaired) electrons. The van der Waals surface area contributed by atoms with E-state index in [0.29, 0.717) is 0 Å². The van der Waals surface area contributed by atoms with Crippen LogP contribution in [0.5, 0.6) is 0 Å². The summed E-state index contributed by atoms with van der Waals surface area (Å²) in [7, 11) is 4.18. The van der Waals surface area contributed by atoms with Crippen molar-refractivity contribution in [1.82, 2.24) is 4.90 Å². The highest BCUT2D eigenvalue weighted by atomic mass is 15.1. The van der Waals surface area contributed by atoms with Crippen molar-refractivity contribution in [2.45, 2.75) is 26.2 Å². The minimum absolute atomic E-state index is 0.764. The van der Waals surface area contributed by atoms with Crippen LogP contribution in [0.25, 0.3) is 0 Å². The van der Waals surface area contributed by atoms with Gasteiger partial charge in [-0.2, -0.15) is 0 Å².